The third-order valence-corrected chi connectivity index (χ3v) is 5.19. The second-order valence-corrected chi connectivity index (χ2v) is 6.27. The van der Waals surface area contributed by atoms with Crippen LogP contribution in [0.15, 0.2) is 24.3 Å². The van der Waals surface area contributed by atoms with Crippen LogP contribution in [0.3, 0.4) is 0 Å². The van der Waals surface area contributed by atoms with Gasteiger partial charge in [0.05, 0.1) is 7.11 Å². The van der Waals surface area contributed by atoms with Crippen molar-refractivity contribution in [2.75, 3.05) is 20.7 Å². The number of benzene rings is 1. The van der Waals surface area contributed by atoms with Gasteiger partial charge in [-0.05, 0) is 56.3 Å². The molecule has 0 aromatic heterocycles. The van der Waals surface area contributed by atoms with Gasteiger partial charge in [0, 0.05) is 18.6 Å². The Morgan fingerprint density at radius 2 is 1.81 bits per heavy atom. The zero-order valence-corrected chi connectivity index (χ0v) is 13.7. The van der Waals surface area contributed by atoms with Crippen LogP contribution in [0.25, 0.3) is 0 Å². The highest BCUT2D eigenvalue weighted by atomic mass is 16.5. The molecular weight excluding hydrogens is 260 g/mol. The Hall–Kier alpha value is -1.06. The lowest BCUT2D eigenvalue weighted by Gasteiger charge is -2.39. The fourth-order valence-electron chi connectivity index (χ4n) is 3.58. The average molecular weight is 290 g/mol. The Morgan fingerprint density at radius 3 is 2.29 bits per heavy atom. The summed E-state index contributed by atoms with van der Waals surface area (Å²) in [6.45, 7) is 2.98. The van der Waals surface area contributed by atoms with E-state index in [0.717, 1.165) is 11.7 Å². The van der Waals surface area contributed by atoms with E-state index in [2.05, 4.69) is 31.0 Å². The van der Waals surface area contributed by atoms with Gasteiger partial charge in [-0.1, -0.05) is 25.5 Å². The van der Waals surface area contributed by atoms with Crippen molar-refractivity contribution in [1.29, 1.82) is 0 Å². The van der Waals surface area contributed by atoms with Crippen LogP contribution in [0.1, 0.15) is 50.6 Å². The third kappa shape index (κ3) is 3.98. The van der Waals surface area contributed by atoms with E-state index in [1.54, 1.807) is 7.11 Å². The Labute approximate surface area is 129 Å². The van der Waals surface area contributed by atoms with Crippen molar-refractivity contribution in [3.8, 4) is 5.75 Å². The summed E-state index contributed by atoms with van der Waals surface area (Å²) in [5.74, 6) is 1.84. The van der Waals surface area contributed by atoms with Crippen LogP contribution in [-0.2, 0) is 0 Å². The fourth-order valence-corrected chi connectivity index (χ4v) is 3.58. The summed E-state index contributed by atoms with van der Waals surface area (Å²) in [6.07, 6.45) is 6.68. The van der Waals surface area contributed by atoms with E-state index in [4.69, 9.17) is 10.5 Å². The molecule has 0 radical (unpaired) electrons. The van der Waals surface area contributed by atoms with Gasteiger partial charge in [-0.3, -0.25) is 4.90 Å². The molecule has 1 aromatic rings. The van der Waals surface area contributed by atoms with Gasteiger partial charge in [-0.15, -0.1) is 0 Å². The first kappa shape index (κ1) is 16.3. The van der Waals surface area contributed by atoms with Gasteiger partial charge in [0.15, 0.2) is 0 Å². The van der Waals surface area contributed by atoms with Crippen molar-refractivity contribution in [2.45, 2.75) is 51.1 Å². The summed E-state index contributed by atoms with van der Waals surface area (Å²) < 4.78 is 5.24. The Kier molecular flexibility index (Phi) is 6.07. The minimum absolute atomic E-state index is 0.305. The number of hydrogen-bond donors (Lipinski definition) is 1. The zero-order chi connectivity index (χ0) is 15.2. The summed E-state index contributed by atoms with van der Waals surface area (Å²) in [5.41, 5.74) is 7.35. The van der Waals surface area contributed by atoms with Crippen molar-refractivity contribution in [1.82, 2.24) is 4.90 Å². The Morgan fingerprint density at radius 1 is 1.19 bits per heavy atom. The molecule has 1 unspecified atom stereocenters. The average Bonchev–Trinajstić information content (AvgIpc) is 2.56. The molecule has 1 fully saturated rings. The highest BCUT2D eigenvalue weighted by molar-refractivity contribution is 5.29. The van der Waals surface area contributed by atoms with Gasteiger partial charge >= 0.3 is 0 Å². The predicted octanol–water partition coefficient (Wildman–Crippen LogP) is 3.60. The van der Waals surface area contributed by atoms with Gasteiger partial charge in [-0.25, -0.2) is 0 Å². The SMILES string of the molecule is CCC1CCC(N(C)C(CN)c2ccc(OC)cc2)CC1. The van der Waals surface area contributed by atoms with E-state index in [0.29, 0.717) is 18.6 Å². The van der Waals surface area contributed by atoms with E-state index < -0.39 is 0 Å². The van der Waals surface area contributed by atoms with Gasteiger partial charge in [0.1, 0.15) is 5.75 Å². The third-order valence-electron chi connectivity index (χ3n) is 5.19. The molecule has 2 N–H and O–H groups in total. The maximum atomic E-state index is 6.06. The molecule has 1 atom stereocenters. The second kappa shape index (κ2) is 7.81. The number of nitrogens with two attached hydrogens (primary N) is 1. The van der Waals surface area contributed by atoms with E-state index >= 15 is 0 Å². The standard InChI is InChI=1S/C18H30N2O/c1-4-14-5-9-16(10-6-14)20(2)18(13-19)15-7-11-17(21-3)12-8-15/h7-8,11-12,14,16,18H,4-6,9-10,13,19H2,1-3H3. The van der Waals surface area contributed by atoms with Gasteiger partial charge in [0.25, 0.3) is 0 Å². The summed E-state index contributed by atoms with van der Waals surface area (Å²) in [6, 6.07) is 9.32. The molecule has 1 aromatic carbocycles. The van der Waals surface area contributed by atoms with Crippen LogP contribution >= 0.6 is 0 Å². The lowest BCUT2D eigenvalue weighted by molar-refractivity contribution is 0.122. The Balaban J connectivity index is 2.02. The highest BCUT2D eigenvalue weighted by Crippen LogP contribution is 2.32. The molecule has 3 nitrogen and oxygen atoms in total. The van der Waals surface area contributed by atoms with E-state index in [9.17, 15) is 0 Å². The first-order valence-electron chi connectivity index (χ1n) is 8.25. The summed E-state index contributed by atoms with van der Waals surface area (Å²) in [7, 11) is 3.94. The molecule has 118 valence electrons. The quantitative estimate of drug-likeness (QED) is 0.870. The Bertz CT molecular complexity index is 410. The van der Waals surface area contributed by atoms with Crippen LogP contribution in [-0.4, -0.2) is 31.6 Å². The molecule has 21 heavy (non-hydrogen) atoms. The van der Waals surface area contributed by atoms with Crippen molar-refractivity contribution < 1.29 is 4.74 Å². The number of rotatable bonds is 6. The fraction of sp³-hybridized carbons (Fsp3) is 0.667. The molecule has 1 aliphatic carbocycles. The van der Waals surface area contributed by atoms with E-state index in [1.807, 2.05) is 12.1 Å². The van der Waals surface area contributed by atoms with Crippen LogP contribution in [0, 0.1) is 5.92 Å². The maximum absolute atomic E-state index is 6.06. The number of hydrogen-bond acceptors (Lipinski definition) is 3. The van der Waals surface area contributed by atoms with Crippen LogP contribution in [0.5, 0.6) is 5.75 Å². The first-order chi connectivity index (χ1) is 10.2. The summed E-state index contributed by atoms with van der Waals surface area (Å²) >= 11 is 0. The molecule has 0 spiro atoms. The second-order valence-electron chi connectivity index (χ2n) is 6.27. The van der Waals surface area contributed by atoms with Crippen molar-refractivity contribution >= 4 is 0 Å². The molecule has 3 heteroatoms. The normalized spacial score (nSPS) is 24.0. The van der Waals surface area contributed by atoms with Crippen LogP contribution in [0.4, 0.5) is 0 Å². The van der Waals surface area contributed by atoms with Gasteiger partial charge in [-0.2, -0.15) is 0 Å². The van der Waals surface area contributed by atoms with Crippen molar-refractivity contribution in [3.05, 3.63) is 29.8 Å². The van der Waals surface area contributed by atoms with E-state index in [-0.39, 0.29) is 0 Å². The minimum Gasteiger partial charge on any atom is -0.497 e. The van der Waals surface area contributed by atoms with Crippen LogP contribution in [0.2, 0.25) is 0 Å². The molecule has 0 amide bonds. The van der Waals surface area contributed by atoms with E-state index in [1.165, 1.54) is 37.7 Å². The van der Waals surface area contributed by atoms with Crippen molar-refractivity contribution in [2.24, 2.45) is 11.7 Å². The number of likely N-dealkylation sites (N-methyl/N-ethyl adjacent to an activating group) is 1. The predicted molar refractivity (Wildman–Crippen MR) is 88.6 cm³/mol. The number of ether oxygens (including phenoxy) is 1. The molecule has 0 heterocycles. The molecule has 2 rings (SSSR count). The lowest BCUT2D eigenvalue weighted by Crippen LogP contribution is -2.40. The number of methoxy groups -OCH3 is 1. The molecular formula is C18H30N2O. The largest absolute Gasteiger partial charge is 0.497 e. The summed E-state index contributed by atoms with van der Waals surface area (Å²) in [4.78, 5) is 2.49. The minimum atomic E-state index is 0.305. The maximum Gasteiger partial charge on any atom is 0.118 e. The zero-order valence-electron chi connectivity index (χ0n) is 13.7. The topological polar surface area (TPSA) is 38.5 Å². The molecule has 0 saturated heterocycles. The molecule has 1 aliphatic rings. The van der Waals surface area contributed by atoms with Gasteiger partial charge < -0.3 is 10.5 Å². The van der Waals surface area contributed by atoms with Crippen molar-refractivity contribution in [3.63, 3.8) is 0 Å². The summed E-state index contributed by atoms with van der Waals surface area (Å²) in [5, 5.41) is 0. The van der Waals surface area contributed by atoms with Crippen LogP contribution < -0.4 is 10.5 Å². The number of nitrogens with zero attached hydrogens (tertiary/aromatic N) is 1. The molecule has 0 aliphatic heterocycles. The molecule has 1 saturated carbocycles. The smallest absolute Gasteiger partial charge is 0.118 e. The monoisotopic (exact) mass is 290 g/mol. The lowest BCUT2D eigenvalue weighted by atomic mass is 9.83. The molecule has 0 bridgehead atoms. The first-order valence-corrected chi connectivity index (χ1v) is 8.25. The van der Waals surface area contributed by atoms with Gasteiger partial charge in [0.2, 0.25) is 0 Å². The highest BCUT2D eigenvalue weighted by Gasteiger charge is 2.27.